The van der Waals surface area contributed by atoms with Gasteiger partial charge in [0.15, 0.2) is 0 Å². The van der Waals surface area contributed by atoms with Crippen LogP contribution in [-0.2, 0) is 19.1 Å². The molecule has 0 radical (unpaired) electrons. The molecule has 0 aromatic heterocycles. The maximum Gasteiger partial charge on any atom is 0.337 e. The number of non-ortho nitro benzene ring substituents is 1. The summed E-state index contributed by atoms with van der Waals surface area (Å²) in [5.74, 6) is -2.16. The number of ether oxygens (including phenoxy) is 2. The molecule has 1 atom stereocenters. The predicted molar refractivity (Wildman–Crippen MR) is 123 cm³/mol. The molecule has 1 N–H and O–H groups in total. The van der Waals surface area contributed by atoms with Gasteiger partial charge in [-0.1, -0.05) is 48.5 Å². The van der Waals surface area contributed by atoms with Crippen molar-refractivity contribution < 1.29 is 24.0 Å². The van der Waals surface area contributed by atoms with Crippen molar-refractivity contribution in [3.05, 3.63) is 104 Å². The molecule has 0 amide bonds. The zero-order chi connectivity index (χ0) is 24.0. The lowest BCUT2D eigenvalue weighted by molar-refractivity contribution is -0.384. The minimum Gasteiger partial charge on any atom is -0.466 e. The molecule has 8 heteroatoms. The van der Waals surface area contributed by atoms with E-state index in [1.807, 2.05) is 36.4 Å². The van der Waals surface area contributed by atoms with Crippen LogP contribution in [0.1, 0.15) is 30.9 Å². The van der Waals surface area contributed by atoms with Gasteiger partial charge < -0.3 is 14.8 Å². The third-order valence-electron chi connectivity index (χ3n) is 5.22. The predicted octanol–water partition coefficient (Wildman–Crippen LogP) is 4.26. The topological polar surface area (TPSA) is 108 Å². The van der Waals surface area contributed by atoms with Crippen LogP contribution in [0.3, 0.4) is 0 Å². The number of dihydropyridines is 1. The largest absolute Gasteiger partial charge is 0.466 e. The van der Waals surface area contributed by atoms with Gasteiger partial charge in [0.05, 0.1) is 29.1 Å². The van der Waals surface area contributed by atoms with E-state index in [4.69, 9.17) is 9.47 Å². The molecule has 33 heavy (non-hydrogen) atoms. The Kier molecular flexibility index (Phi) is 7.40. The highest BCUT2D eigenvalue weighted by Crippen LogP contribution is 2.40. The summed E-state index contributed by atoms with van der Waals surface area (Å²) in [4.78, 5) is 36.6. The molecule has 0 fully saturated rings. The van der Waals surface area contributed by atoms with Gasteiger partial charge in [-0.15, -0.1) is 0 Å². The van der Waals surface area contributed by atoms with E-state index in [1.54, 1.807) is 26.0 Å². The number of benzene rings is 2. The molecule has 1 aliphatic rings. The van der Waals surface area contributed by atoms with E-state index in [0.29, 0.717) is 17.0 Å². The van der Waals surface area contributed by atoms with E-state index >= 15 is 0 Å². The lowest BCUT2D eigenvalue weighted by Crippen LogP contribution is -2.32. The maximum absolute atomic E-state index is 13.1. The molecule has 0 spiro atoms. The van der Waals surface area contributed by atoms with Gasteiger partial charge in [-0.25, -0.2) is 9.59 Å². The highest BCUT2D eigenvalue weighted by molar-refractivity contribution is 6.00. The number of esters is 2. The molecule has 0 bridgehead atoms. The molecule has 1 unspecified atom stereocenters. The zero-order valence-electron chi connectivity index (χ0n) is 18.5. The quantitative estimate of drug-likeness (QED) is 0.383. The van der Waals surface area contributed by atoms with Crippen LogP contribution in [-0.4, -0.2) is 30.6 Å². The summed E-state index contributed by atoms with van der Waals surface area (Å²) in [5.41, 5.74) is 2.60. The summed E-state index contributed by atoms with van der Waals surface area (Å²) in [6.07, 6.45) is 3.54. The molecule has 3 rings (SSSR count). The molecule has 1 heterocycles. The van der Waals surface area contributed by atoms with Gasteiger partial charge >= 0.3 is 11.9 Å². The second kappa shape index (κ2) is 10.4. The Morgan fingerprint density at radius 1 is 1.03 bits per heavy atom. The van der Waals surface area contributed by atoms with Crippen LogP contribution in [0.5, 0.6) is 0 Å². The number of hydrogen-bond acceptors (Lipinski definition) is 7. The second-order valence-corrected chi connectivity index (χ2v) is 7.39. The van der Waals surface area contributed by atoms with Crippen molar-refractivity contribution in [3.63, 3.8) is 0 Å². The molecule has 170 valence electrons. The Labute approximate surface area is 191 Å². The van der Waals surface area contributed by atoms with Crippen LogP contribution in [0.4, 0.5) is 5.69 Å². The van der Waals surface area contributed by atoms with Crippen LogP contribution >= 0.6 is 0 Å². The Morgan fingerprint density at radius 3 is 2.33 bits per heavy atom. The molecule has 2 aromatic rings. The van der Waals surface area contributed by atoms with Crippen LogP contribution < -0.4 is 5.32 Å². The van der Waals surface area contributed by atoms with E-state index in [-0.39, 0.29) is 23.4 Å². The van der Waals surface area contributed by atoms with E-state index in [2.05, 4.69) is 5.32 Å². The number of nitro benzene ring substituents is 1. The van der Waals surface area contributed by atoms with Crippen molar-refractivity contribution >= 4 is 23.7 Å². The van der Waals surface area contributed by atoms with E-state index in [9.17, 15) is 19.7 Å². The van der Waals surface area contributed by atoms with Gasteiger partial charge in [0.1, 0.15) is 6.61 Å². The van der Waals surface area contributed by atoms with E-state index < -0.39 is 22.8 Å². The summed E-state index contributed by atoms with van der Waals surface area (Å²) in [6, 6.07) is 15.4. The minimum absolute atomic E-state index is 0.0163. The third kappa shape index (κ3) is 5.35. The van der Waals surface area contributed by atoms with E-state index in [0.717, 1.165) is 5.56 Å². The minimum atomic E-state index is -0.885. The lowest BCUT2D eigenvalue weighted by atomic mass is 9.80. The number of methoxy groups -OCH3 is 1. The van der Waals surface area contributed by atoms with Crippen LogP contribution in [0.2, 0.25) is 0 Å². The smallest absolute Gasteiger partial charge is 0.337 e. The summed E-state index contributed by atoms with van der Waals surface area (Å²) in [6.45, 7) is 3.39. The second-order valence-electron chi connectivity index (χ2n) is 7.39. The summed E-state index contributed by atoms with van der Waals surface area (Å²) in [7, 11) is 1.24. The summed E-state index contributed by atoms with van der Waals surface area (Å²) in [5, 5.41) is 14.4. The number of carbonyl (C=O) groups excluding carboxylic acids is 2. The average Bonchev–Trinajstić information content (AvgIpc) is 2.81. The van der Waals surface area contributed by atoms with Crippen molar-refractivity contribution in [1.82, 2.24) is 5.32 Å². The highest BCUT2D eigenvalue weighted by Gasteiger charge is 2.38. The van der Waals surface area contributed by atoms with E-state index in [1.165, 1.54) is 25.3 Å². The van der Waals surface area contributed by atoms with Crippen molar-refractivity contribution in [2.24, 2.45) is 0 Å². The molecule has 1 aliphatic heterocycles. The lowest BCUT2D eigenvalue weighted by Gasteiger charge is -2.30. The summed E-state index contributed by atoms with van der Waals surface area (Å²) < 4.78 is 10.4. The Hall–Kier alpha value is -4.20. The first-order valence-corrected chi connectivity index (χ1v) is 10.2. The van der Waals surface area contributed by atoms with Gasteiger partial charge in [-0.3, -0.25) is 10.1 Å². The fraction of sp³-hybridized carbons (Fsp3) is 0.200. The number of carbonyl (C=O) groups is 2. The SMILES string of the molecule is COC(=O)C1=C(C)NC(C)=C(C(=O)OCC=Cc2ccccc2)C1c1cccc([N+](=O)[O-])c1. The Bertz CT molecular complexity index is 1160. The van der Waals surface area contributed by atoms with Crippen LogP contribution in [0.25, 0.3) is 6.08 Å². The molecule has 0 saturated heterocycles. The Morgan fingerprint density at radius 2 is 1.70 bits per heavy atom. The molecular weight excluding hydrogens is 424 g/mol. The number of nitro groups is 1. The molecular formula is C25H24N2O6. The van der Waals surface area contributed by atoms with Crippen molar-refractivity contribution in [3.8, 4) is 0 Å². The van der Waals surface area contributed by atoms with Crippen molar-refractivity contribution in [2.45, 2.75) is 19.8 Å². The molecule has 0 aliphatic carbocycles. The van der Waals surface area contributed by atoms with Gasteiger partial charge in [-0.2, -0.15) is 0 Å². The van der Waals surface area contributed by atoms with Crippen LogP contribution in [0, 0.1) is 10.1 Å². The maximum atomic E-state index is 13.1. The van der Waals surface area contributed by atoms with Gasteiger partial charge in [0, 0.05) is 23.5 Å². The first kappa shape index (κ1) is 23.5. The molecule has 0 saturated carbocycles. The average molecular weight is 448 g/mol. The first-order chi connectivity index (χ1) is 15.8. The zero-order valence-corrected chi connectivity index (χ0v) is 18.5. The normalized spacial score (nSPS) is 15.9. The number of hydrogen-bond donors (Lipinski definition) is 1. The van der Waals surface area contributed by atoms with Gasteiger partial charge in [0.25, 0.3) is 5.69 Å². The third-order valence-corrected chi connectivity index (χ3v) is 5.22. The van der Waals surface area contributed by atoms with Gasteiger partial charge in [0.2, 0.25) is 0 Å². The molecule has 8 nitrogen and oxygen atoms in total. The Balaban J connectivity index is 1.95. The van der Waals surface area contributed by atoms with Crippen molar-refractivity contribution in [2.75, 3.05) is 13.7 Å². The highest BCUT2D eigenvalue weighted by atomic mass is 16.6. The number of allylic oxidation sites excluding steroid dienone is 2. The fourth-order valence-corrected chi connectivity index (χ4v) is 3.75. The molecule has 2 aromatic carbocycles. The monoisotopic (exact) mass is 448 g/mol. The first-order valence-electron chi connectivity index (χ1n) is 10.2. The fourth-order valence-electron chi connectivity index (χ4n) is 3.75. The van der Waals surface area contributed by atoms with Gasteiger partial charge in [-0.05, 0) is 31.1 Å². The number of rotatable bonds is 7. The standard InChI is InChI=1S/C25H24N2O6/c1-16-21(24(28)32-3)23(19-12-7-13-20(15-19)27(30)31)22(17(2)26-16)25(29)33-14-8-11-18-9-5-4-6-10-18/h4-13,15,23,26H,14H2,1-3H3. The summed E-state index contributed by atoms with van der Waals surface area (Å²) >= 11 is 0. The number of nitrogens with zero attached hydrogens (tertiary/aromatic N) is 1. The number of nitrogens with one attached hydrogen (secondary N) is 1. The van der Waals surface area contributed by atoms with Crippen LogP contribution in [0.15, 0.2) is 83.2 Å². The van der Waals surface area contributed by atoms with Crippen molar-refractivity contribution in [1.29, 1.82) is 0 Å².